The van der Waals surface area contributed by atoms with Crippen molar-refractivity contribution < 1.29 is 14.3 Å². The fourth-order valence-corrected chi connectivity index (χ4v) is 6.49. The Morgan fingerprint density at radius 3 is 2.27 bits per heavy atom. The molecule has 8 heteroatoms. The molecule has 2 amide bonds. The van der Waals surface area contributed by atoms with Gasteiger partial charge in [0.25, 0.3) is 0 Å². The molecule has 0 radical (unpaired) electrons. The number of ether oxygens (including phenoxy) is 1. The van der Waals surface area contributed by atoms with Gasteiger partial charge in [0.15, 0.2) is 0 Å². The van der Waals surface area contributed by atoms with E-state index in [-0.39, 0.29) is 30.0 Å². The first-order valence-electron chi connectivity index (χ1n) is 17.1. The number of benzene rings is 2. The summed E-state index contributed by atoms with van der Waals surface area (Å²) < 4.78 is 5.48. The third-order valence-electron chi connectivity index (χ3n) is 9.09. The van der Waals surface area contributed by atoms with Crippen molar-refractivity contribution in [1.82, 2.24) is 26.2 Å². The van der Waals surface area contributed by atoms with E-state index in [1.807, 2.05) is 63.3 Å². The minimum absolute atomic E-state index is 0.0933. The van der Waals surface area contributed by atoms with Gasteiger partial charge in [-0.25, -0.2) is 4.79 Å². The molecule has 4 rings (SSSR count). The van der Waals surface area contributed by atoms with Gasteiger partial charge in [0.1, 0.15) is 6.04 Å². The molecular formula is C40H53N5O3. The number of allylic oxidation sites excluding steroid dienone is 1. The lowest BCUT2D eigenvalue weighted by Gasteiger charge is -2.36. The fraction of sp³-hybridized carbons (Fsp3) is 0.400. The van der Waals surface area contributed by atoms with Crippen molar-refractivity contribution in [3.05, 3.63) is 132 Å². The average Bonchev–Trinajstić information content (AvgIpc) is 3.74. The van der Waals surface area contributed by atoms with E-state index in [1.54, 1.807) is 0 Å². The predicted octanol–water partition coefficient (Wildman–Crippen LogP) is 6.30. The number of nitrogens with one attached hydrogen (secondary N) is 4. The Bertz CT molecular complexity index is 1470. The average molecular weight is 652 g/mol. The number of carbonyl (C=O) groups excluding carboxylic acids is 2. The van der Waals surface area contributed by atoms with Gasteiger partial charge in [-0.1, -0.05) is 93.1 Å². The van der Waals surface area contributed by atoms with Crippen LogP contribution in [0.3, 0.4) is 0 Å². The van der Waals surface area contributed by atoms with Crippen LogP contribution in [0.4, 0.5) is 4.79 Å². The molecule has 48 heavy (non-hydrogen) atoms. The van der Waals surface area contributed by atoms with E-state index in [0.717, 1.165) is 30.7 Å². The first kappa shape index (κ1) is 36.1. The largest absolute Gasteiger partial charge is 0.447 e. The van der Waals surface area contributed by atoms with Crippen LogP contribution in [0.2, 0.25) is 0 Å². The molecular weight excluding hydrogens is 598 g/mol. The molecule has 3 atom stereocenters. The van der Waals surface area contributed by atoms with Gasteiger partial charge in [-0.15, -0.1) is 0 Å². The molecule has 2 aromatic rings. The fourth-order valence-electron chi connectivity index (χ4n) is 6.49. The highest BCUT2D eigenvalue weighted by Crippen LogP contribution is 2.34. The Hall–Kier alpha value is -4.72. The van der Waals surface area contributed by atoms with Crippen molar-refractivity contribution in [2.24, 2.45) is 5.92 Å². The number of alkyl carbamates (subject to hydrolysis) is 1. The molecule has 0 spiro atoms. The normalized spacial score (nSPS) is 17.0. The Labute approximate surface area is 287 Å². The smallest absolute Gasteiger partial charge is 0.407 e. The summed E-state index contributed by atoms with van der Waals surface area (Å²) in [6.07, 6.45) is 7.02. The molecule has 2 aliphatic rings. The van der Waals surface area contributed by atoms with E-state index in [9.17, 15) is 9.59 Å². The van der Waals surface area contributed by atoms with Crippen molar-refractivity contribution in [2.75, 3.05) is 13.1 Å². The summed E-state index contributed by atoms with van der Waals surface area (Å²) in [5.41, 5.74) is 6.66. The van der Waals surface area contributed by atoms with Crippen LogP contribution in [-0.4, -0.2) is 54.2 Å². The summed E-state index contributed by atoms with van der Waals surface area (Å²) in [5, 5.41) is 13.0. The Morgan fingerprint density at radius 2 is 1.62 bits per heavy atom. The van der Waals surface area contributed by atoms with Crippen LogP contribution in [0.1, 0.15) is 56.7 Å². The van der Waals surface area contributed by atoms with E-state index in [4.69, 9.17) is 4.74 Å². The van der Waals surface area contributed by atoms with Crippen molar-refractivity contribution >= 4 is 12.0 Å². The second kappa shape index (κ2) is 17.4. The lowest BCUT2D eigenvalue weighted by Crippen LogP contribution is -2.52. The molecule has 1 aliphatic carbocycles. The minimum Gasteiger partial charge on any atom is -0.447 e. The lowest BCUT2D eigenvalue weighted by atomic mass is 9.93. The van der Waals surface area contributed by atoms with Crippen molar-refractivity contribution in [1.29, 1.82) is 0 Å². The Kier molecular flexibility index (Phi) is 13.1. The minimum atomic E-state index is -0.473. The third-order valence-corrected chi connectivity index (χ3v) is 9.09. The maximum atomic E-state index is 14.0. The number of nitrogens with zero attached hydrogens (tertiary/aromatic N) is 1. The molecule has 3 unspecified atom stereocenters. The highest BCUT2D eigenvalue weighted by atomic mass is 16.6. The Morgan fingerprint density at radius 1 is 0.958 bits per heavy atom. The van der Waals surface area contributed by atoms with Gasteiger partial charge in [0.05, 0.1) is 24.7 Å². The first-order chi connectivity index (χ1) is 23.1. The molecule has 0 bridgehead atoms. The first-order valence-corrected chi connectivity index (χ1v) is 17.1. The summed E-state index contributed by atoms with van der Waals surface area (Å²) in [4.78, 5) is 29.0. The monoisotopic (exact) mass is 651 g/mol. The standard InChI is InChI=1S/C40H53N5O3/c1-8-9-20-36(29(5)30(6)42-25-28(4)41-26-32-16-11-10-12-17-32)43-39(46)37-21-15-22-45(37)31(7)38(44-40(47)48-27(2)3)35-23-33-18-13-14-19-34(33)24-35/h8-14,16-19,27,35-38,41-42H,4-7,15,20-26H2,1-3H3,(H,43,46)(H,44,47)/b9-8+. The van der Waals surface area contributed by atoms with Crippen LogP contribution in [0.5, 0.6) is 0 Å². The molecule has 2 aromatic carbocycles. The number of carbonyl (C=O) groups is 2. The van der Waals surface area contributed by atoms with Crippen LogP contribution in [0, 0.1) is 5.92 Å². The third kappa shape index (κ3) is 9.89. The molecule has 256 valence electrons. The number of amides is 2. The second-order valence-corrected chi connectivity index (χ2v) is 13.0. The second-order valence-electron chi connectivity index (χ2n) is 13.0. The topological polar surface area (TPSA) is 94.7 Å². The van der Waals surface area contributed by atoms with Gasteiger partial charge in [0.2, 0.25) is 5.91 Å². The molecule has 1 saturated heterocycles. The summed E-state index contributed by atoms with van der Waals surface area (Å²) in [6.45, 7) is 24.6. The number of fused-ring (bicyclic) bond motifs is 1. The maximum Gasteiger partial charge on any atom is 0.407 e. The van der Waals surface area contributed by atoms with E-state index in [1.165, 1.54) is 16.7 Å². The van der Waals surface area contributed by atoms with E-state index < -0.39 is 12.1 Å². The van der Waals surface area contributed by atoms with Crippen LogP contribution < -0.4 is 21.3 Å². The number of rotatable bonds is 17. The van der Waals surface area contributed by atoms with Gasteiger partial charge in [-0.3, -0.25) is 4.79 Å². The number of likely N-dealkylation sites (tertiary alicyclic amines) is 1. The van der Waals surface area contributed by atoms with Gasteiger partial charge in [-0.05, 0) is 81.1 Å². The van der Waals surface area contributed by atoms with Crippen LogP contribution in [-0.2, 0) is 28.9 Å². The zero-order chi connectivity index (χ0) is 34.6. The molecule has 0 aromatic heterocycles. The number of hydrogen-bond acceptors (Lipinski definition) is 6. The van der Waals surface area contributed by atoms with Crippen molar-refractivity contribution in [3.63, 3.8) is 0 Å². The number of hydrogen-bond donors (Lipinski definition) is 4. The van der Waals surface area contributed by atoms with E-state index >= 15 is 0 Å². The SMILES string of the molecule is C=C(CNC(=C)C(=C)C(C/C=C/C)NC(=O)C1CCCN1C(=C)C(NC(=O)OC(C)C)C1Cc2ccccc2C1)NCc1ccccc1. The van der Waals surface area contributed by atoms with E-state index in [0.29, 0.717) is 43.7 Å². The molecule has 0 saturated carbocycles. The Balaban J connectivity index is 1.40. The molecule has 8 nitrogen and oxygen atoms in total. The van der Waals surface area contributed by atoms with Crippen LogP contribution >= 0.6 is 0 Å². The predicted molar refractivity (Wildman–Crippen MR) is 195 cm³/mol. The van der Waals surface area contributed by atoms with Crippen LogP contribution in [0.15, 0.2) is 116 Å². The molecule has 4 N–H and O–H groups in total. The van der Waals surface area contributed by atoms with E-state index in [2.05, 4.69) is 76.7 Å². The van der Waals surface area contributed by atoms with Gasteiger partial charge in [-0.2, -0.15) is 0 Å². The van der Waals surface area contributed by atoms with Crippen molar-refractivity contribution in [3.8, 4) is 0 Å². The molecule has 1 heterocycles. The van der Waals surface area contributed by atoms with Gasteiger partial charge < -0.3 is 30.9 Å². The maximum absolute atomic E-state index is 14.0. The van der Waals surface area contributed by atoms with Crippen molar-refractivity contribution in [2.45, 2.75) is 83.6 Å². The molecule has 1 fully saturated rings. The zero-order valence-electron chi connectivity index (χ0n) is 28.9. The van der Waals surface area contributed by atoms with Gasteiger partial charge in [0, 0.05) is 30.2 Å². The highest BCUT2D eigenvalue weighted by Gasteiger charge is 2.39. The summed E-state index contributed by atoms with van der Waals surface area (Å²) >= 11 is 0. The molecule has 1 aliphatic heterocycles. The summed E-state index contributed by atoms with van der Waals surface area (Å²) in [6, 6.07) is 17.4. The summed E-state index contributed by atoms with van der Waals surface area (Å²) in [7, 11) is 0. The summed E-state index contributed by atoms with van der Waals surface area (Å²) in [5.74, 6) is 0.0109. The lowest BCUT2D eigenvalue weighted by molar-refractivity contribution is -0.125. The zero-order valence-corrected chi connectivity index (χ0v) is 28.9. The highest BCUT2D eigenvalue weighted by molar-refractivity contribution is 5.83. The van der Waals surface area contributed by atoms with Crippen LogP contribution in [0.25, 0.3) is 0 Å². The van der Waals surface area contributed by atoms with Gasteiger partial charge >= 0.3 is 6.09 Å². The quantitative estimate of drug-likeness (QED) is 0.119.